The predicted octanol–water partition coefficient (Wildman–Crippen LogP) is 0.0336. The van der Waals surface area contributed by atoms with Crippen molar-refractivity contribution in [2.24, 2.45) is 0 Å². The molecule has 0 aliphatic heterocycles. The van der Waals surface area contributed by atoms with E-state index < -0.39 is 12.2 Å². The van der Waals surface area contributed by atoms with Crippen LogP contribution in [0.4, 0.5) is 0 Å². The number of amides is 1. The summed E-state index contributed by atoms with van der Waals surface area (Å²) >= 11 is 0. The van der Waals surface area contributed by atoms with Crippen LogP contribution in [0.5, 0.6) is 0 Å². The number of ether oxygens (including phenoxy) is 1. The van der Waals surface area contributed by atoms with E-state index in [4.69, 9.17) is 5.11 Å². The highest BCUT2D eigenvalue weighted by molar-refractivity contribution is 5.79. The Kier molecular flexibility index (Phi) is 6.32. The molecule has 0 saturated heterocycles. The quantitative estimate of drug-likeness (QED) is 0.440. The molecule has 0 aromatic carbocycles. The molecule has 0 aromatic rings. The van der Waals surface area contributed by atoms with E-state index in [1.807, 2.05) is 6.92 Å². The second-order valence-corrected chi connectivity index (χ2v) is 2.27. The van der Waals surface area contributed by atoms with E-state index in [-0.39, 0.29) is 6.61 Å². The van der Waals surface area contributed by atoms with Gasteiger partial charge in [-0.1, -0.05) is 13.0 Å². The van der Waals surface area contributed by atoms with Gasteiger partial charge in [-0.05, 0) is 6.42 Å². The SMILES string of the molecule is C=CCOC(O)C(=O)NCCC. The first-order valence-electron chi connectivity index (χ1n) is 3.90. The number of hydrogen-bond acceptors (Lipinski definition) is 3. The zero-order valence-corrected chi connectivity index (χ0v) is 7.25. The van der Waals surface area contributed by atoms with Gasteiger partial charge >= 0.3 is 0 Å². The topological polar surface area (TPSA) is 58.6 Å². The fraction of sp³-hybridized carbons (Fsp3) is 0.625. The average Bonchev–Trinajstić information content (AvgIpc) is 2.10. The maximum Gasteiger partial charge on any atom is 0.276 e. The third kappa shape index (κ3) is 4.87. The minimum Gasteiger partial charge on any atom is -0.360 e. The van der Waals surface area contributed by atoms with Gasteiger partial charge in [0.1, 0.15) is 0 Å². The molecule has 4 nitrogen and oxygen atoms in total. The van der Waals surface area contributed by atoms with Crippen LogP contribution in [0.15, 0.2) is 12.7 Å². The van der Waals surface area contributed by atoms with Crippen molar-refractivity contribution in [1.82, 2.24) is 5.32 Å². The third-order valence-electron chi connectivity index (χ3n) is 1.15. The number of carbonyl (C=O) groups excluding carboxylic acids is 1. The summed E-state index contributed by atoms with van der Waals surface area (Å²) in [6.45, 7) is 6.03. The molecule has 0 radical (unpaired) electrons. The van der Waals surface area contributed by atoms with Crippen LogP contribution in [-0.2, 0) is 9.53 Å². The van der Waals surface area contributed by atoms with Gasteiger partial charge in [-0.25, -0.2) is 0 Å². The van der Waals surface area contributed by atoms with Gasteiger partial charge < -0.3 is 15.2 Å². The summed E-state index contributed by atoms with van der Waals surface area (Å²) in [4.78, 5) is 10.9. The molecule has 12 heavy (non-hydrogen) atoms. The summed E-state index contributed by atoms with van der Waals surface area (Å²) < 4.78 is 4.68. The molecule has 0 saturated carbocycles. The lowest BCUT2D eigenvalue weighted by Gasteiger charge is -2.09. The van der Waals surface area contributed by atoms with E-state index in [0.29, 0.717) is 6.54 Å². The molecule has 0 fully saturated rings. The lowest BCUT2D eigenvalue weighted by atomic mass is 10.4. The van der Waals surface area contributed by atoms with Gasteiger partial charge in [0.2, 0.25) is 6.29 Å². The van der Waals surface area contributed by atoms with Crippen molar-refractivity contribution in [3.05, 3.63) is 12.7 Å². The lowest BCUT2D eigenvalue weighted by Crippen LogP contribution is -2.36. The number of hydrogen-bond donors (Lipinski definition) is 2. The van der Waals surface area contributed by atoms with Gasteiger partial charge in [0.05, 0.1) is 6.61 Å². The Balaban J connectivity index is 3.53. The van der Waals surface area contributed by atoms with Crippen LogP contribution < -0.4 is 5.32 Å². The van der Waals surface area contributed by atoms with Gasteiger partial charge in [0, 0.05) is 6.54 Å². The van der Waals surface area contributed by atoms with E-state index in [9.17, 15) is 4.79 Å². The number of rotatable bonds is 6. The number of aliphatic hydroxyl groups is 1. The molecule has 1 amide bonds. The minimum absolute atomic E-state index is 0.167. The Morgan fingerprint density at radius 3 is 3.00 bits per heavy atom. The second-order valence-electron chi connectivity index (χ2n) is 2.27. The van der Waals surface area contributed by atoms with Crippen molar-refractivity contribution in [3.8, 4) is 0 Å². The minimum atomic E-state index is -1.38. The molecule has 1 unspecified atom stereocenters. The molecule has 2 N–H and O–H groups in total. The monoisotopic (exact) mass is 173 g/mol. The summed E-state index contributed by atoms with van der Waals surface area (Å²) in [5, 5.41) is 11.5. The summed E-state index contributed by atoms with van der Waals surface area (Å²) in [6, 6.07) is 0. The molecular weight excluding hydrogens is 158 g/mol. The first-order valence-corrected chi connectivity index (χ1v) is 3.90. The van der Waals surface area contributed by atoms with Crippen molar-refractivity contribution < 1.29 is 14.6 Å². The molecule has 0 heterocycles. The summed E-state index contributed by atoms with van der Waals surface area (Å²) in [6.07, 6.45) is 0.922. The van der Waals surface area contributed by atoms with E-state index in [0.717, 1.165) is 6.42 Å². The van der Waals surface area contributed by atoms with Crippen LogP contribution in [0.2, 0.25) is 0 Å². The smallest absolute Gasteiger partial charge is 0.276 e. The normalized spacial score (nSPS) is 12.2. The Morgan fingerprint density at radius 2 is 2.50 bits per heavy atom. The van der Waals surface area contributed by atoms with Crippen molar-refractivity contribution in [3.63, 3.8) is 0 Å². The molecule has 0 aromatic heterocycles. The highest BCUT2D eigenvalue weighted by atomic mass is 16.6. The van der Waals surface area contributed by atoms with Crippen LogP contribution in [0, 0.1) is 0 Å². The Bertz CT molecular complexity index is 147. The van der Waals surface area contributed by atoms with Crippen LogP contribution in [0.3, 0.4) is 0 Å². The van der Waals surface area contributed by atoms with Gasteiger partial charge in [0.15, 0.2) is 0 Å². The predicted molar refractivity (Wildman–Crippen MR) is 45.5 cm³/mol. The number of aliphatic hydroxyl groups excluding tert-OH is 1. The molecule has 1 atom stereocenters. The highest BCUT2D eigenvalue weighted by Gasteiger charge is 2.12. The maximum atomic E-state index is 10.9. The van der Waals surface area contributed by atoms with Gasteiger partial charge in [-0.2, -0.15) is 0 Å². The van der Waals surface area contributed by atoms with Crippen molar-refractivity contribution in [2.45, 2.75) is 19.6 Å². The number of carbonyl (C=O) groups is 1. The van der Waals surface area contributed by atoms with Crippen LogP contribution >= 0.6 is 0 Å². The van der Waals surface area contributed by atoms with E-state index in [2.05, 4.69) is 16.6 Å². The highest BCUT2D eigenvalue weighted by Crippen LogP contribution is 1.87. The summed E-state index contributed by atoms with van der Waals surface area (Å²) in [7, 11) is 0. The molecular formula is C8H15NO3. The third-order valence-corrected chi connectivity index (χ3v) is 1.15. The van der Waals surface area contributed by atoms with Gasteiger partial charge in [-0.15, -0.1) is 6.58 Å². The van der Waals surface area contributed by atoms with Crippen LogP contribution in [0.1, 0.15) is 13.3 Å². The van der Waals surface area contributed by atoms with Crippen molar-refractivity contribution in [1.29, 1.82) is 0 Å². The standard InChI is InChI=1S/C8H15NO3/c1-3-5-9-7(10)8(11)12-6-4-2/h4,8,11H,2-3,5-6H2,1H3,(H,9,10). The second kappa shape index (κ2) is 6.82. The van der Waals surface area contributed by atoms with E-state index >= 15 is 0 Å². The fourth-order valence-electron chi connectivity index (χ4n) is 0.570. The molecule has 0 spiro atoms. The van der Waals surface area contributed by atoms with Gasteiger partial charge in [0.25, 0.3) is 5.91 Å². The molecule has 0 aliphatic rings. The van der Waals surface area contributed by atoms with E-state index in [1.54, 1.807) is 0 Å². The first kappa shape index (κ1) is 11.1. The Hall–Kier alpha value is -0.870. The Labute approximate surface area is 72.2 Å². The zero-order valence-electron chi connectivity index (χ0n) is 7.25. The molecule has 4 heteroatoms. The first-order chi connectivity index (χ1) is 5.72. The van der Waals surface area contributed by atoms with Crippen LogP contribution in [0.25, 0.3) is 0 Å². The zero-order chi connectivity index (χ0) is 9.40. The van der Waals surface area contributed by atoms with Gasteiger partial charge in [-0.3, -0.25) is 4.79 Å². The summed E-state index contributed by atoms with van der Waals surface area (Å²) in [5.41, 5.74) is 0. The Morgan fingerprint density at radius 1 is 1.83 bits per heavy atom. The molecule has 0 aliphatic carbocycles. The fourth-order valence-corrected chi connectivity index (χ4v) is 0.570. The van der Waals surface area contributed by atoms with Crippen molar-refractivity contribution in [2.75, 3.05) is 13.2 Å². The van der Waals surface area contributed by atoms with Crippen molar-refractivity contribution >= 4 is 5.91 Å². The molecule has 70 valence electrons. The number of nitrogens with one attached hydrogen (secondary N) is 1. The lowest BCUT2D eigenvalue weighted by molar-refractivity contribution is -0.155. The largest absolute Gasteiger partial charge is 0.360 e. The van der Waals surface area contributed by atoms with Crippen LogP contribution in [-0.4, -0.2) is 30.5 Å². The maximum absolute atomic E-state index is 10.9. The molecule has 0 bridgehead atoms. The van der Waals surface area contributed by atoms with E-state index in [1.165, 1.54) is 6.08 Å². The average molecular weight is 173 g/mol. The summed E-state index contributed by atoms with van der Waals surface area (Å²) in [5.74, 6) is -0.501. The molecule has 0 rings (SSSR count).